The van der Waals surface area contributed by atoms with Gasteiger partial charge in [0.15, 0.2) is 6.04 Å². The summed E-state index contributed by atoms with van der Waals surface area (Å²) in [6.45, 7) is 1.60. The summed E-state index contributed by atoms with van der Waals surface area (Å²) in [5.74, 6) is -2.11. The molecule has 0 aliphatic carbocycles. The lowest BCUT2D eigenvalue weighted by molar-refractivity contribution is -0.139. The van der Waals surface area contributed by atoms with Gasteiger partial charge in [-0.15, -0.1) is 11.3 Å². The monoisotopic (exact) mass is 293 g/mol. The van der Waals surface area contributed by atoms with Crippen LogP contribution in [0.1, 0.15) is 26.8 Å². The third-order valence-electron chi connectivity index (χ3n) is 2.78. The largest absolute Gasteiger partial charge is 0.479 e. The Kier molecular flexibility index (Phi) is 4.14. The summed E-state index contributed by atoms with van der Waals surface area (Å²) in [5, 5.41) is 13.4. The van der Waals surface area contributed by atoms with E-state index in [4.69, 9.17) is 0 Å². The second-order valence-electron chi connectivity index (χ2n) is 4.22. The van der Waals surface area contributed by atoms with E-state index in [-0.39, 0.29) is 5.56 Å². The van der Waals surface area contributed by atoms with Gasteiger partial charge in [-0.3, -0.25) is 4.79 Å². The Bertz CT molecular complexity index is 640. The van der Waals surface area contributed by atoms with Gasteiger partial charge in [-0.1, -0.05) is 6.07 Å². The third kappa shape index (κ3) is 3.03. The van der Waals surface area contributed by atoms with E-state index < -0.39 is 23.7 Å². The first-order chi connectivity index (χ1) is 9.49. The molecule has 0 radical (unpaired) electrons. The maximum atomic E-state index is 13.0. The lowest BCUT2D eigenvalue weighted by Gasteiger charge is -2.14. The number of benzene rings is 1. The van der Waals surface area contributed by atoms with E-state index in [9.17, 15) is 19.1 Å². The molecular formula is C14H12FNO3S. The zero-order valence-corrected chi connectivity index (χ0v) is 11.4. The number of carboxylic acid groups (broad SMARTS) is 1. The minimum atomic E-state index is -1.14. The van der Waals surface area contributed by atoms with Crippen molar-refractivity contribution in [3.8, 4) is 0 Å². The second kappa shape index (κ2) is 5.83. The average Bonchev–Trinajstić information content (AvgIpc) is 2.88. The van der Waals surface area contributed by atoms with Gasteiger partial charge in [0, 0.05) is 10.4 Å². The maximum Gasteiger partial charge on any atom is 0.331 e. The molecule has 1 atom stereocenters. The molecule has 4 nitrogen and oxygen atoms in total. The number of carbonyl (C=O) groups excluding carboxylic acids is 1. The minimum absolute atomic E-state index is 0.259. The number of rotatable bonds is 4. The van der Waals surface area contributed by atoms with Gasteiger partial charge in [0.05, 0.1) is 0 Å². The Morgan fingerprint density at radius 2 is 2.10 bits per heavy atom. The maximum absolute atomic E-state index is 13.0. The van der Waals surface area contributed by atoms with Gasteiger partial charge in [-0.05, 0) is 42.1 Å². The van der Waals surface area contributed by atoms with Crippen LogP contribution in [0.2, 0.25) is 0 Å². The quantitative estimate of drug-likeness (QED) is 0.911. The molecule has 20 heavy (non-hydrogen) atoms. The predicted octanol–water partition coefficient (Wildman–Crippen LogP) is 2.75. The molecule has 1 amide bonds. The normalized spacial score (nSPS) is 11.9. The standard InChI is InChI=1S/C14H12FNO3S/c1-8-7-9(15)4-5-10(8)13(17)16-12(14(18)19)11-3-2-6-20-11/h2-7,12H,1H3,(H,16,17)(H,18,19). The van der Waals surface area contributed by atoms with Gasteiger partial charge >= 0.3 is 5.97 Å². The molecule has 0 saturated heterocycles. The van der Waals surface area contributed by atoms with Crippen LogP contribution < -0.4 is 5.32 Å². The molecule has 1 unspecified atom stereocenters. The second-order valence-corrected chi connectivity index (χ2v) is 5.20. The Labute approximate surface area is 118 Å². The SMILES string of the molecule is Cc1cc(F)ccc1C(=O)NC(C(=O)O)c1cccs1. The highest BCUT2D eigenvalue weighted by Crippen LogP contribution is 2.20. The Morgan fingerprint density at radius 3 is 2.65 bits per heavy atom. The fraction of sp³-hybridized carbons (Fsp3) is 0.143. The highest BCUT2D eigenvalue weighted by molar-refractivity contribution is 7.10. The van der Waals surface area contributed by atoms with Crippen LogP contribution in [0.4, 0.5) is 4.39 Å². The summed E-state index contributed by atoms with van der Waals surface area (Å²) in [4.78, 5) is 23.9. The van der Waals surface area contributed by atoms with Gasteiger partial charge in [0.1, 0.15) is 5.82 Å². The van der Waals surface area contributed by atoms with Gasteiger partial charge in [-0.2, -0.15) is 0 Å². The van der Waals surface area contributed by atoms with Crippen LogP contribution in [-0.2, 0) is 4.79 Å². The number of carbonyl (C=O) groups is 2. The zero-order chi connectivity index (χ0) is 14.7. The molecule has 1 aromatic carbocycles. The van der Waals surface area contributed by atoms with Crippen LogP contribution in [-0.4, -0.2) is 17.0 Å². The molecule has 6 heteroatoms. The van der Waals surface area contributed by atoms with Crippen LogP contribution in [0, 0.1) is 12.7 Å². The van der Waals surface area contributed by atoms with E-state index in [1.807, 2.05) is 0 Å². The number of amides is 1. The topological polar surface area (TPSA) is 66.4 Å². The fourth-order valence-electron chi connectivity index (χ4n) is 1.80. The first-order valence-electron chi connectivity index (χ1n) is 5.82. The molecule has 104 valence electrons. The third-order valence-corrected chi connectivity index (χ3v) is 3.72. The number of carboxylic acids is 1. The van der Waals surface area contributed by atoms with Crippen molar-refractivity contribution in [1.29, 1.82) is 0 Å². The summed E-state index contributed by atoms with van der Waals surface area (Å²) in [5.41, 5.74) is 0.715. The summed E-state index contributed by atoms with van der Waals surface area (Å²) < 4.78 is 13.0. The van der Waals surface area contributed by atoms with E-state index in [0.717, 1.165) is 0 Å². The van der Waals surface area contributed by atoms with Crippen molar-refractivity contribution in [2.24, 2.45) is 0 Å². The number of hydrogen-bond donors (Lipinski definition) is 2. The van der Waals surface area contributed by atoms with Crippen molar-refractivity contribution < 1.29 is 19.1 Å². The van der Waals surface area contributed by atoms with Crippen LogP contribution in [0.25, 0.3) is 0 Å². The summed E-state index contributed by atoms with van der Waals surface area (Å²) in [7, 11) is 0. The Morgan fingerprint density at radius 1 is 1.35 bits per heavy atom. The molecule has 2 N–H and O–H groups in total. The van der Waals surface area contributed by atoms with Crippen molar-refractivity contribution in [2.75, 3.05) is 0 Å². The van der Waals surface area contributed by atoms with Crippen LogP contribution in [0.3, 0.4) is 0 Å². The van der Waals surface area contributed by atoms with E-state index in [1.165, 1.54) is 29.5 Å². The molecule has 0 aliphatic rings. The highest BCUT2D eigenvalue weighted by atomic mass is 32.1. The van der Waals surface area contributed by atoms with E-state index in [1.54, 1.807) is 24.4 Å². The molecular weight excluding hydrogens is 281 g/mol. The predicted molar refractivity (Wildman–Crippen MR) is 73.3 cm³/mol. The van der Waals surface area contributed by atoms with E-state index in [0.29, 0.717) is 10.4 Å². The number of hydrogen-bond acceptors (Lipinski definition) is 3. The van der Waals surface area contributed by atoms with Crippen molar-refractivity contribution in [1.82, 2.24) is 5.32 Å². The lowest BCUT2D eigenvalue weighted by atomic mass is 10.1. The van der Waals surface area contributed by atoms with Crippen molar-refractivity contribution in [3.63, 3.8) is 0 Å². The number of thiophene rings is 1. The average molecular weight is 293 g/mol. The molecule has 1 heterocycles. The van der Waals surface area contributed by atoms with E-state index in [2.05, 4.69) is 5.32 Å². The molecule has 0 bridgehead atoms. The van der Waals surface area contributed by atoms with Crippen molar-refractivity contribution >= 4 is 23.2 Å². The Hall–Kier alpha value is -2.21. The van der Waals surface area contributed by atoms with Gasteiger partial charge in [0.2, 0.25) is 0 Å². The number of nitrogens with one attached hydrogen (secondary N) is 1. The van der Waals surface area contributed by atoms with Crippen LogP contribution >= 0.6 is 11.3 Å². The molecule has 0 saturated carbocycles. The zero-order valence-electron chi connectivity index (χ0n) is 10.6. The number of aryl methyl sites for hydroxylation is 1. The van der Waals surface area contributed by atoms with Crippen LogP contribution in [0.5, 0.6) is 0 Å². The smallest absolute Gasteiger partial charge is 0.331 e. The molecule has 0 fully saturated rings. The molecule has 2 rings (SSSR count). The molecule has 2 aromatic rings. The summed E-state index contributed by atoms with van der Waals surface area (Å²) >= 11 is 1.25. The van der Waals surface area contributed by atoms with Crippen molar-refractivity contribution in [2.45, 2.75) is 13.0 Å². The number of aliphatic carboxylic acids is 1. The highest BCUT2D eigenvalue weighted by Gasteiger charge is 2.24. The van der Waals surface area contributed by atoms with Gasteiger partial charge in [0.25, 0.3) is 5.91 Å². The molecule has 0 spiro atoms. The van der Waals surface area contributed by atoms with Gasteiger partial charge in [-0.25, -0.2) is 9.18 Å². The Balaban J connectivity index is 2.23. The lowest BCUT2D eigenvalue weighted by Crippen LogP contribution is -2.33. The van der Waals surface area contributed by atoms with Crippen molar-refractivity contribution in [3.05, 3.63) is 57.5 Å². The summed E-state index contributed by atoms with van der Waals surface area (Å²) in [6.07, 6.45) is 0. The first-order valence-corrected chi connectivity index (χ1v) is 6.70. The molecule has 1 aromatic heterocycles. The molecule has 0 aliphatic heterocycles. The van der Waals surface area contributed by atoms with Gasteiger partial charge < -0.3 is 10.4 Å². The summed E-state index contributed by atoms with van der Waals surface area (Å²) in [6, 6.07) is 5.99. The minimum Gasteiger partial charge on any atom is -0.479 e. The fourth-order valence-corrected chi connectivity index (χ4v) is 2.57. The number of halogens is 1. The van der Waals surface area contributed by atoms with E-state index >= 15 is 0 Å². The van der Waals surface area contributed by atoms with Crippen LogP contribution in [0.15, 0.2) is 35.7 Å². The first kappa shape index (κ1) is 14.2.